The van der Waals surface area contributed by atoms with Gasteiger partial charge < -0.3 is 4.79 Å². The molecule has 0 aromatic heterocycles. The molecule has 0 N–H and O–H groups in total. The normalized spacial score (nSPS) is 12.9. The molecule has 1 unspecified atom stereocenters. The van der Waals surface area contributed by atoms with Crippen molar-refractivity contribution < 1.29 is 18.0 Å². The van der Waals surface area contributed by atoms with E-state index in [-0.39, 0.29) is 6.42 Å². The second kappa shape index (κ2) is 4.79. The largest absolute Gasteiger partial charge is 0.416 e. The average molecular weight is 227 g/mol. The Balaban J connectivity index is 2.80. The van der Waals surface area contributed by atoms with Gasteiger partial charge in [-0.15, -0.1) is 0 Å². The van der Waals surface area contributed by atoms with E-state index in [1.165, 1.54) is 12.1 Å². The van der Waals surface area contributed by atoms with Crippen LogP contribution in [0.15, 0.2) is 24.3 Å². The molecule has 0 saturated heterocycles. The molecule has 0 heterocycles. The van der Waals surface area contributed by atoms with Crippen LogP contribution in [0.25, 0.3) is 0 Å². The van der Waals surface area contributed by atoms with E-state index in [1.807, 2.05) is 0 Å². The van der Waals surface area contributed by atoms with Crippen LogP contribution in [0.5, 0.6) is 0 Å². The quantitative estimate of drug-likeness (QED) is 0.744. The smallest absolute Gasteiger partial charge is 0.302 e. The molecule has 1 atom stereocenters. The number of carbonyl (C=O) groups is 1. The van der Waals surface area contributed by atoms with Gasteiger partial charge in [-0.3, -0.25) is 0 Å². The monoisotopic (exact) mass is 227 g/mol. The van der Waals surface area contributed by atoms with Crippen LogP contribution in [0.2, 0.25) is 0 Å². The van der Waals surface area contributed by atoms with Crippen molar-refractivity contribution >= 4 is 6.29 Å². The van der Waals surface area contributed by atoms with Crippen LogP contribution in [-0.2, 0) is 17.4 Å². The number of carbonyl (C=O) groups excluding carboxylic acids is 1. The van der Waals surface area contributed by atoms with Gasteiger partial charge in [-0.1, -0.05) is 12.1 Å². The van der Waals surface area contributed by atoms with Crippen LogP contribution in [0, 0.1) is 17.2 Å². The van der Waals surface area contributed by atoms with Gasteiger partial charge >= 0.3 is 6.18 Å². The Bertz CT molecular complexity index is 403. The molecule has 0 saturated carbocycles. The predicted molar refractivity (Wildman–Crippen MR) is 50.3 cm³/mol. The van der Waals surface area contributed by atoms with Gasteiger partial charge in [-0.25, -0.2) is 0 Å². The lowest BCUT2D eigenvalue weighted by atomic mass is 10.0. The summed E-state index contributed by atoms with van der Waals surface area (Å²) in [6.07, 6.45) is -3.74. The standard InChI is InChI=1S/C11H8F3NO/c12-11(13,14)10-3-1-8(2-4-10)5-9(6-15)7-16/h1-4,7,9H,5H2. The van der Waals surface area contributed by atoms with Crippen molar-refractivity contribution in [2.75, 3.05) is 0 Å². The van der Waals surface area contributed by atoms with Crippen molar-refractivity contribution in [3.8, 4) is 6.07 Å². The molecule has 0 spiro atoms. The van der Waals surface area contributed by atoms with Crippen molar-refractivity contribution in [1.82, 2.24) is 0 Å². The zero-order valence-electron chi connectivity index (χ0n) is 8.16. The Labute approximate surface area is 90.3 Å². The van der Waals surface area contributed by atoms with Gasteiger partial charge in [-0.2, -0.15) is 18.4 Å². The Morgan fingerprint density at radius 2 is 1.88 bits per heavy atom. The van der Waals surface area contributed by atoms with Crippen molar-refractivity contribution in [2.45, 2.75) is 12.6 Å². The van der Waals surface area contributed by atoms with E-state index in [4.69, 9.17) is 5.26 Å². The second-order valence-electron chi connectivity index (χ2n) is 3.27. The molecule has 0 fully saturated rings. The highest BCUT2D eigenvalue weighted by atomic mass is 19.4. The summed E-state index contributed by atoms with van der Waals surface area (Å²) in [5, 5.41) is 8.51. The molecule has 0 amide bonds. The zero-order chi connectivity index (χ0) is 12.2. The van der Waals surface area contributed by atoms with Crippen LogP contribution in [0.3, 0.4) is 0 Å². The third-order valence-corrected chi connectivity index (χ3v) is 2.07. The Hall–Kier alpha value is -1.83. The number of halogens is 3. The van der Waals surface area contributed by atoms with Gasteiger partial charge in [0.1, 0.15) is 12.2 Å². The number of aldehydes is 1. The van der Waals surface area contributed by atoms with E-state index in [1.54, 1.807) is 6.07 Å². The molecule has 0 aliphatic carbocycles. The first-order valence-electron chi connectivity index (χ1n) is 4.48. The van der Waals surface area contributed by atoms with E-state index < -0.39 is 17.7 Å². The number of nitriles is 1. The number of hydrogen-bond acceptors (Lipinski definition) is 2. The van der Waals surface area contributed by atoms with Crippen LogP contribution in [0.4, 0.5) is 13.2 Å². The number of hydrogen-bond donors (Lipinski definition) is 0. The summed E-state index contributed by atoms with van der Waals surface area (Å²) in [5.41, 5.74) is -0.206. The molecule has 2 nitrogen and oxygen atoms in total. The minimum atomic E-state index is -4.36. The molecule has 0 bridgehead atoms. The fraction of sp³-hybridized carbons (Fsp3) is 0.273. The van der Waals surface area contributed by atoms with Crippen molar-refractivity contribution in [3.05, 3.63) is 35.4 Å². The molecular weight excluding hydrogens is 219 g/mol. The molecule has 0 aliphatic heterocycles. The Morgan fingerprint density at radius 1 is 1.31 bits per heavy atom. The fourth-order valence-electron chi connectivity index (χ4n) is 1.21. The third kappa shape index (κ3) is 3.09. The number of alkyl halides is 3. The molecule has 1 aromatic rings. The first kappa shape index (κ1) is 12.2. The number of benzene rings is 1. The topological polar surface area (TPSA) is 40.9 Å². The highest BCUT2D eigenvalue weighted by Crippen LogP contribution is 2.29. The van der Waals surface area contributed by atoms with Gasteiger partial charge in [0.05, 0.1) is 11.6 Å². The molecule has 1 aromatic carbocycles. The molecule has 84 valence electrons. The maximum Gasteiger partial charge on any atom is 0.416 e. The van der Waals surface area contributed by atoms with Crippen LogP contribution in [-0.4, -0.2) is 6.29 Å². The van der Waals surface area contributed by atoms with E-state index in [9.17, 15) is 18.0 Å². The lowest BCUT2D eigenvalue weighted by Gasteiger charge is -2.07. The summed E-state index contributed by atoms with van der Waals surface area (Å²) in [7, 11) is 0. The first-order chi connectivity index (χ1) is 7.47. The minimum Gasteiger partial charge on any atom is -0.302 e. The van der Waals surface area contributed by atoms with Gasteiger partial charge in [0.15, 0.2) is 0 Å². The van der Waals surface area contributed by atoms with Gasteiger partial charge in [0.25, 0.3) is 0 Å². The molecule has 0 aliphatic rings. The average Bonchev–Trinajstić information content (AvgIpc) is 2.25. The van der Waals surface area contributed by atoms with E-state index >= 15 is 0 Å². The minimum absolute atomic E-state index is 0.137. The van der Waals surface area contributed by atoms with E-state index in [0.29, 0.717) is 11.8 Å². The van der Waals surface area contributed by atoms with Gasteiger partial charge in [0, 0.05) is 0 Å². The summed E-state index contributed by atoms with van der Waals surface area (Å²) in [6, 6.07) is 6.18. The Kier molecular flexibility index (Phi) is 3.67. The molecule has 1 rings (SSSR count). The summed E-state index contributed by atoms with van der Waals surface area (Å²) in [5.74, 6) is -0.809. The lowest BCUT2D eigenvalue weighted by molar-refractivity contribution is -0.137. The maximum absolute atomic E-state index is 12.2. The summed E-state index contributed by atoms with van der Waals surface area (Å²) in [6.45, 7) is 0. The zero-order valence-corrected chi connectivity index (χ0v) is 8.16. The van der Waals surface area contributed by atoms with Gasteiger partial charge in [-0.05, 0) is 24.1 Å². The van der Waals surface area contributed by atoms with E-state index in [2.05, 4.69) is 0 Å². The molecule has 0 radical (unpaired) electrons. The summed E-state index contributed by atoms with van der Waals surface area (Å²) < 4.78 is 36.6. The maximum atomic E-state index is 12.2. The predicted octanol–water partition coefficient (Wildman–Crippen LogP) is 2.59. The van der Waals surface area contributed by atoms with E-state index in [0.717, 1.165) is 12.1 Å². The van der Waals surface area contributed by atoms with Gasteiger partial charge in [0.2, 0.25) is 0 Å². The molecule has 16 heavy (non-hydrogen) atoms. The lowest BCUT2D eigenvalue weighted by Crippen LogP contribution is -2.06. The molecular formula is C11H8F3NO. The number of nitrogens with zero attached hydrogens (tertiary/aromatic N) is 1. The highest BCUT2D eigenvalue weighted by Gasteiger charge is 2.29. The summed E-state index contributed by atoms with van der Waals surface area (Å²) in [4.78, 5) is 10.4. The third-order valence-electron chi connectivity index (χ3n) is 2.07. The van der Waals surface area contributed by atoms with Crippen molar-refractivity contribution in [2.24, 2.45) is 5.92 Å². The Morgan fingerprint density at radius 3 is 2.25 bits per heavy atom. The van der Waals surface area contributed by atoms with Crippen LogP contribution < -0.4 is 0 Å². The molecule has 5 heteroatoms. The number of rotatable bonds is 3. The van der Waals surface area contributed by atoms with Crippen LogP contribution >= 0.6 is 0 Å². The first-order valence-corrected chi connectivity index (χ1v) is 4.48. The fourth-order valence-corrected chi connectivity index (χ4v) is 1.21. The van der Waals surface area contributed by atoms with Crippen LogP contribution in [0.1, 0.15) is 11.1 Å². The highest BCUT2D eigenvalue weighted by molar-refractivity contribution is 5.58. The SMILES string of the molecule is N#CC(C=O)Cc1ccc(C(F)(F)F)cc1. The van der Waals surface area contributed by atoms with Crippen molar-refractivity contribution in [3.63, 3.8) is 0 Å². The second-order valence-corrected chi connectivity index (χ2v) is 3.27. The summed E-state index contributed by atoms with van der Waals surface area (Å²) >= 11 is 0. The van der Waals surface area contributed by atoms with Crippen molar-refractivity contribution in [1.29, 1.82) is 5.26 Å².